The predicted octanol–water partition coefficient (Wildman–Crippen LogP) is 6.18. The first-order chi connectivity index (χ1) is 22.2. The van der Waals surface area contributed by atoms with Crippen molar-refractivity contribution in [2.45, 2.75) is 45.4 Å². The number of imide groups is 2. The molecule has 4 aliphatic rings. The van der Waals surface area contributed by atoms with Gasteiger partial charge in [-0.3, -0.25) is 29.0 Å². The van der Waals surface area contributed by atoms with E-state index in [9.17, 15) is 24.3 Å². The Morgan fingerprint density at radius 1 is 0.761 bits per heavy atom. The van der Waals surface area contributed by atoms with Crippen LogP contribution in [0.15, 0.2) is 72.3 Å². The van der Waals surface area contributed by atoms with Crippen LogP contribution in [0.4, 0.5) is 11.4 Å². The molecule has 0 aromatic heterocycles. The lowest BCUT2D eigenvalue weighted by atomic mass is 9.57. The summed E-state index contributed by atoms with van der Waals surface area (Å²) in [4.78, 5) is 59.3. The van der Waals surface area contributed by atoms with E-state index < -0.39 is 35.5 Å². The van der Waals surface area contributed by atoms with Gasteiger partial charge >= 0.3 is 0 Å². The maximum Gasteiger partial charge on any atom is 0.238 e. The van der Waals surface area contributed by atoms with Crippen molar-refractivity contribution >= 4 is 57.6 Å². The van der Waals surface area contributed by atoms with E-state index in [-0.39, 0.29) is 35.1 Å². The molecule has 4 amide bonds. The fourth-order valence-corrected chi connectivity index (χ4v) is 8.79. The molecule has 9 heteroatoms. The van der Waals surface area contributed by atoms with E-state index in [4.69, 9.17) is 4.74 Å². The van der Waals surface area contributed by atoms with Gasteiger partial charge in [0, 0.05) is 5.92 Å². The number of amides is 4. The van der Waals surface area contributed by atoms with Crippen molar-refractivity contribution in [3.05, 3.63) is 92.6 Å². The average molecular weight is 731 g/mol. The van der Waals surface area contributed by atoms with Crippen molar-refractivity contribution in [1.29, 1.82) is 0 Å². The maximum absolute atomic E-state index is 14.4. The van der Waals surface area contributed by atoms with Crippen molar-refractivity contribution in [2.24, 2.45) is 29.6 Å². The number of halogens is 1. The Morgan fingerprint density at radius 3 is 1.85 bits per heavy atom. The number of allylic oxidation sites excluding steroid dienone is 2. The molecule has 2 saturated heterocycles. The highest BCUT2D eigenvalue weighted by molar-refractivity contribution is 14.1. The number of phenols is 1. The molecule has 236 valence electrons. The smallest absolute Gasteiger partial charge is 0.238 e. The Balaban J connectivity index is 1.33. The zero-order chi connectivity index (χ0) is 32.4. The minimum atomic E-state index is -0.702. The van der Waals surface area contributed by atoms with Crippen LogP contribution in [-0.2, 0) is 32.0 Å². The minimum Gasteiger partial charge on any atom is -0.504 e. The van der Waals surface area contributed by atoms with Gasteiger partial charge in [-0.25, -0.2) is 0 Å². The molecule has 7 rings (SSSR count). The van der Waals surface area contributed by atoms with E-state index in [1.165, 1.54) is 16.9 Å². The molecule has 1 saturated carbocycles. The molecule has 3 fully saturated rings. The number of phenolic OH excluding ortho intramolecular Hbond substituents is 1. The predicted molar refractivity (Wildman–Crippen MR) is 182 cm³/mol. The average Bonchev–Trinajstić information content (AvgIpc) is 3.48. The highest BCUT2D eigenvalue weighted by Gasteiger charge is 2.62. The number of ether oxygens (including phenoxy) is 1. The summed E-state index contributed by atoms with van der Waals surface area (Å²) in [6.45, 7) is 4.10. The number of hydrogen-bond donors (Lipinski definition) is 1. The summed E-state index contributed by atoms with van der Waals surface area (Å²) in [5.41, 5.74) is 4.94. The number of hydrogen-bond acceptors (Lipinski definition) is 6. The quantitative estimate of drug-likeness (QED) is 0.185. The molecular weight excluding hydrogens is 695 g/mol. The van der Waals surface area contributed by atoms with E-state index in [2.05, 4.69) is 6.92 Å². The summed E-state index contributed by atoms with van der Waals surface area (Å²) in [6, 6.07) is 18.6. The number of anilines is 2. The van der Waals surface area contributed by atoms with Crippen LogP contribution in [0.1, 0.15) is 49.3 Å². The Bertz CT molecular complexity index is 1800. The van der Waals surface area contributed by atoms with Crippen LogP contribution >= 0.6 is 22.6 Å². The Hall–Kier alpha value is -3.99. The lowest BCUT2D eigenvalue weighted by Gasteiger charge is -2.44. The molecule has 2 heterocycles. The molecule has 8 nitrogen and oxygen atoms in total. The number of fused-ring (bicyclic) bond motifs is 4. The fourth-order valence-electron chi connectivity index (χ4n) is 8.16. The molecule has 1 N–H and O–H groups in total. The van der Waals surface area contributed by atoms with Gasteiger partial charge in [-0.05, 0) is 107 Å². The Morgan fingerprint density at radius 2 is 1.30 bits per heavy atom. The topological polar surface area (TPSA) is 104 Å². The monoisotopic (exact) mass is 730 g/mol. The highest BCUT2D eigenvalue weighted by Crippen LogP contribution is 2.59. The largest absolute Gasteiger partial charge is 0.504 e. The third-order valence-electron chi connectivity index (χ3n) is 10.5. The zero-order valence-electron chi connectivity index (χ0n) is 25.9. The molecule has 0 spiro atoms. The molecule has 6 unspecified atom stereocenters. The Labute approximate surface area is 281 Å². The molecule has 0 radical (unpaired) electrons. The summed E-state index contributed by atoms with van der Waals surface area (Å²) in [6.07, 6.45) is 4.39. The summed E-state index contributed by atoms with van der Waals surface area (Å²) in [5.74, 6) is -4.26. The van der Waals surface area contributed by atoms with Gasteiger partial charge in [0.05, 0.1) is 45.7 Å². The van der Waals surface area contributed by atoms with Gasteiger partial charge in [-0.2, -0.15) is 0 Å². The van der Waals surface area contributed by atoms with Gasteiger partial charge in [-0.1, -0.05) is 49.8 Å². The van der Waals surface area contributed by atoms with E-state index in [1.54, 1.807) is 6.07 Å². The third kappa shape index (κ3) is 4.60. The van der Waals surface area contributed by atoms with Gasteiger partial charge in [0.2, 0.25) is 23.6 Å². The van der Waals surface area contributed by atoms with Crippen LogP contribution in [0, 0.1) is 33.2 Å². The second kappa shape index (κ2) is 11.7. The lowest BCUT2D eigenvalue weighted by molar-refractivity contribution is -0.126. The van der Waals surface area contributed by atoms with Gasteiger partial charge in [0.1, 0.15) is 0 Å². The summed E-state index contributed by atoms with van der Waals surface area (Å²) >= 11 is 2.04. The van der Waals surface area contributed by atoms with Crippen LogP contribution in [0.3, 0.4) is 0 Å². The first kappa shape index (κ1) is 30.7. The van der Waals surface area contributed by atoms with Crippen LogP contribution in [0.5, 0.6) is 11.5 Å². The highest BCUT2D eigenvalue weighted by atomic mass is 127. The van der Waals surface area contributed by atoms with Crippen molar-refractivity contribution in [3.63, 3.8) is 0 Å². The SMILES string of the molecule is CCc1ccc(N2C(=O)C3CC=C4C(CC5C(=O)N(c6ccc(CC)cc6)C(=O)C5C4c4cc(I)c(O)c(OC)c4)C3C2=O)cc1. The normalized spacial score (nSPS) is 27.0. The van der Waals surface area contributed by atoms with Gasteiger partial charge in [-0.15, -0.1) is 0 Å². The minimum absolute atomic E-state index is 0.00112. The van der Waals surface area contributed by atoms with Crippen molar-refractivity contribution in [1.82, 2.24) is 0 Å². The van der Waals surface area contributed by atoms with Crippen molar-refractivity contribution < 1.29 is 29.0 Å². The maximum atomic E-state index is 14.4. The number of rotatable bonds is 6. The second-order valence-corrected chi connectivity index (χ2v) is 13.8. The van der Waals surface area contributed by atoms with Crippen LogP contribution < -0.4 is 14.5 Å². The number of aromatic hydroxyl groups is 1. The lowest BCUT2D eigenvalue weighted by Crippen LogP contribution is -2.43. The molecule has 3 aromatic carbocycles. The van der Waals surface area contributed by atoms with E-state index >= 15 is 0 Å². The van der Waals surface area contributed by atoms with Crippen LogP contribution in [0.25, 0.3) is 0 Å². The van der Waals surface area contributed by atoms with Gasteiger partial charge in [0.25, 0.3) is 0 Å². The second-order valence-electron chi connectivity index (χ2n) is 12.6. The number of methoxy groups -OCH3 is 1. The van der Waals surface area contributed by atoms with E-state index in [0.717, 1.165) is 35.1 Å². The van der Waals surface area contributed by atoms with Gasteiger partial charge in [0.15, 0.2) is 11.5 Å². The van der Waals surface area contributed by atoms with E-state index in [0.29, 0.717) is 27.8 Å². The molecule has 46 heavy (non-hydrogen) atoms. The molecule has 2 aliphatic heterocycles. The van der Waals surface area contributed by atoms with Gasteiger partial charge < -0.3 is 9.84 Å². The molecule has 2 aliphatic carbocycles. The molecule has 6 atom stereocenters. The fraction of sp³-hybridized carbons (Fsp3) is 0.351. The van der Waals surface area contributed by atoms with Crippen LogP contribution in [-0.4, -0.2) is 35.8 Å². The number of carbonyl (C=O) groups is 4. The zero-order valence-corrected chi connectivity index (χ0v) is 28.1. The first-order valence-electron chi connectivity index (χ1n) is 15.9. The third-order valence-corrected chi connectivity index (χ3v) is 11.3. The first-order valence-corrected chi connectivity index (χ1v) is 17.0. The van der Waals surface area contributed by atoms with E-state index in [1.807, 2.05) is 90.2 Å². The molecule has 0 bridgehead atoms. The van der Waals surface area contributed by atoms with Crippen molar-refractivity contribution in [2.75, 3.05) is 16.9 Å². The van der Waals surface area contributed by atoms with Crippen molar-refractivity contribution in [3.8, 4) is 11.5 Å². The number of carbonyl (C=O) groups excluding carboxylic acids is 4. The number of aryl methyl sites for hydroxylation is 2. The molecule has 3 aromatic rings. The Kier molecular flexibility index (Phi) is 7.77. The number of benzene rings is 3. The summed E-state index contributed by atoms with van der Waals surface area (Å²) in [5, 5.41) is 10.7. The number of nitrogens with zero attached hydrogens (tertiary/aromatic N) is 2. The summed E-state index contributed by atoms with van der Waals surface area (Å²) < 4.78 is 6.06. The van der Waals surface area contributed by atoms with Crippen LogP contribution in [0.2, 0.25) is 0 Å². The standard InChI is InChI=1S/C37H35IN2O6/c1-4-19-6-10-22(11-7-19)39-34(42)25-15-14-24-26(31(25)36(39)44)18-27-32(30(24)21-16-28(38)33(41)29(17-21)46-3)37(45)40(35(27)43)23-12-8-20(5-2)9-13-23/h6-14,16-17,25-27,30-32,41H,4-5,15,18H2,1-3H3. The molecular formula is C37H35IN2O6. The summed E-state index contributed by atoms with van der Waals surface area (Å²) in [7, 11) is 1.47.